The van der Waals surface area contributed by atoms with Crippen molar-refractivity contribution in [2.45, 2.75) is 91.0 Å². The highest BCUT2D eigenvalue weighted by Gasteiger charge is 2.77. The smallest absolute Gasteiger partial charge is 0.302 e. The highest BCUT2D eigenvalue weighted by Crippen LogP contribution is 2.82. The predicted octanol–water partition coefficient (Wildman–Crippen LogP) is 2.66. The molecule has 0 aromatic rings. The fourth-order valence-electron chi connectivity index (χ4n) is 7.94. The number of rotatable bonds is 3. The molecule has 1 spiro atoms. The van der Waals surface area contributed by atoms with E-state index in [1.807, 2.05) is 6.92 Å². The van der Waals surface area contributed by atoms with Crippen molar-refractivity contribution in [2.24, 2.45) is 33.5 Å². The van der Waals surface area contributed by atoms with Crippen LogP contribution in [0.5, 0.6) is 0 Å². The molecule has 0 heterocycles. The Labute approximate surface area is 162 Å². The summed E-state index contributed by atoms with van der Waals surface area (Å²) in [5.41, 5.74) is -0.291. The van der Waals surface area contributed by atoms with Crippen LogP contribution in [0.15, 0.2) is 0 Å². The van der Waals surface area contributed by atoms with Gasteiger partial charge in [0.25, 0.3) is 0 Å². The standard InChI is InChI=1S/C22H36O5/c1-13(24)27-15-6-7-20(3)12-22(20)8-5-14-9-19(2,17(26)11-23)10-16(25)21(14,4)18(15)22/h14-18,23,25-26H,5-12H2,1-4H3/t14-,15+,16-,17+,18+,19+,20-,21+,22-/m0/s1. The number of aliphatic hydroxyl groups is 3. The summed E-state index contributed by atoms with van der Waals surface area (Å²) in [7, 11) is 0. The van der Waals surface area contributed by atoms with Crippen molar-refractivity contribution in [3.63, 3.8) is 0 Å². The van der Waals surface area contributed by atoms with Crippen LogP contribution in [0.4, 0.5) is 0 Å². The molecule has 0 bridgehead atoms. The summed E-state index contributed by atoms with van der Waals surface area (Å²) >= 11 is 0. The van der Waals surface area contributed by atoms with Gasteiger partial charge in [-0.15, -0.1) is 0 Å². The maximum atomic E-state index is 11.8. The largest absolute Gasteiger partial charge is 0.462 e. The molecular formula is C22H36O5. The highest BCUT2D eigenvalue weighted by atomic mass is 16.5. The SMILES string of the molecule is CC(=O)O[C@@H]1CC[C@@]2(C)C[C@]23CC[C@H]2C[C@@](C)([C@H](O)CO)C[C@H](O)[C@]2(C)[C@@H]13. The van der Waals surface area contributed by atoms with Crippen LogP contribution in [0.25, 0.3) is 0 Å². The van der Waals surface area contributed by atoms with E-state index in [0.29, 0.717) is 11.8 Å². The Balaban J connectivity index is 1.71. The van der Waals surface area contributed by atoms with E-state index in [1.165, 1.54) is 13.3 Å². The molecule has 0 amide bonds. The summed E-state index contributed by atoms with van der Waals surface area (Å²) in [6, 6.07) is 0. The second-order valence-electron chi connectivity index (χ2n) is 10.9. The fraction of sp³-hybridized carbons (Fsp3) is 0.955. The molecule has 3 N–H and O–H groups in total. The van der Waals surface area contributed by atoms with Gasteiger partial charge < -0.3 is 20.1 Å². The molecule has 0 saturated heterocycles. The van der Waals surface area contributed by atoms with Gasteiger partial charge in [0.1, 0.15) is 6.10 Å². The number of esters is 1. The zero-order valence-electron chi connectivity index (χ0n) is 17.2. The number of hydrogen-bond donors (Lipinski definition) is 3. The number of fused-ring (bicyclic) bond motifs is 2. The van der Waals surface area contributed by atoms with Gasteiger partial charge in [0.2, 0.25) is 0 Å². The summed E-state index contributed by atoms with van der Waals surface area (Å²) in [6.07, 6.45) is 5.11. The molecule has 4 fully saturated rings. The van der Waals surface area contributed by atoms with Crippen molar-refractivity contribution in [3.8, 4) is 0 Å². The Morgan fingerprint density at radius 3 is 2.52 bits per heavy atom. The summed E-state index contributed by atoms with van der Waals surface area (Å²) in [5, 5.41) is 31.3. The Kier molecular flexibility index (Phi) is 4.32. The predicted molar refractivity (Wildman–Crippen MR) is 101 cm³/mol. The monoisotopic (exact) mass is 380 g/mol. The van der Waals surface area contributed by atoms with E-state index in [2.05, 4.69) is 13.8 Å². The number of hydrogen-bond acceptors (Lipinski definition) is 5. The molecule has 5 nitrogen and oxygen atoms in total. The molecule has 0 unspecified atom stereocenters. The highest BCUT2D eigenvalue weighted by molar-refractivity contribution is 5.66. The zero-order chi connectivity index (χ0) is 19.8. The third kappa shape index (κ3) is 2.50. The summed E-state index contributed by atoms with van der Waals surface area (Å²) in [4.78, 5) is 11.8. The second kappa shape index (κ2) is 5.93. The van der Waals surface area contributed by atoms with Crippen molar-refractivity contribution in [2.75, 3.05) is 6.61 Å². The fourth-order valence-corrected chi connectivity index (χ4v) is 7.94. The van der Waals surface area contributed by atoms with Gasteiger partial charge in [-0.1, -0.05) is 20.8 Å². The molecule has 9 atom stereocenters. The van der Waals surface area contributed by atoms with Gasteiger partial charge in [-0.25, -0.2) is 0 Å². The number of carbonyl (C=O) groups excluding carboxylic acids is 1. The van der Waals surface area contributed by atoms with E-state index in [-0.39, 0.29) is 41.3 Å². The van der Waals surface area contributed by atoms with Gasteiger partial charge in [-0.05, 0) is 67.1 Å². The summed E-state index contributed by atoms with van der Waals surface area (Å²) < 4.78 is 5.84. The molecule has 0 aromatic carbocycles. The topological polar surface area (TPSA) is 87.0 Å². The minimum Gasteiger partial charge on any atom is -0.462 e. The lowest BCUT2D eigenvalue weighted by Gasteiger charge is -2.63. The van der Waals surface area contributed by atoms with Crippen molar-refractivity contribution < 1.29 is 24.9 Å². The van der Waals surface area contributed by atoms with E-state index >= 15 is 0 Å². The Morgan fingerprint density at radius 1 is 1.19 bits per heavy atom. The van der Waals surface area contributed by atoms with Crippen molar-refractivity contribution in [1.29, 1.82) is 0 Å². The molecule has 0 radical (unpaired) electrons. The van der Waals surface area contributed by atoms with Crippen LogP contribution < -0.4 is 0 Å². The first-order valence-electron chi connectivity index (χ1n) is 10.7. The first-order valence-corrected chi connectivity index (χ1v) is 10.7. The van der Waals surface area contributed by atoms with Gasteiger partial charge in [0, 0.05) is 18.3 Å². The number of carbonyl (C=O) groups is 1. The van der Waals surface area contributed by atoms with E-state index in [0.717, 1.165) is 32.1 Å². The number of ether oxygens (including phenoxy) is 1. The van der Waals surface area contributed by atoms with Gasteiger partial charge in [0.05, 0.1) is 18.8 Å². The van der Waals surface area contributed by atoms with Gasteiger partial charge in [-0.2, -0.15) is 0 Å². The van der Waals surface area contributed by atoms with Crippen molar-refractivity contribution in [3.05, 3.63) is 0 Å². The van der Waals surface area contributed by atoms with Crippen LogP contribution in [0.2, 0.25) is 0 Å². The lowest BCUT2D eigenvalue weighted by Crippen LogP contribution is -2.63. The van der Waals surface area contributed by atoms with Crippen LogP contribution >= 0.6 is 0 Å². The van der Waals surface area contributed by atoms with Gasteiger partial charge in [-0.3, -0.25) is 4.79 Å². The van der Waals surface area contributed by atoms with Crippen LogP contribution in [0, 0.1) is 33.5 Å². The average molecular weight is 381 g/mol. The Morgan fingerprint density at radius 2 is 1.89 bits per heavy atom. The normalized spacial score (nSPS) is 54.9. The van der Waals surface area contributed by atoms with Crippen molar-refractivity contribution in [1.82, 2.24) is 0 Å². The maximum absolute atomic E-state index is 11.8. The molecule has 0 aliphatic heterocycles. The first kappa shape index (κ1) is 19.7. The maximum Gasteiger partial charge on any atom is 0.302 e. The van der Waals surface area contributed by atoms with Crippen LogP contribution in [-0.4, -0.2) is 46.2 Å². The minimum atomic E-state index is -0.811. The van der Waals surface area contributed by atoms with Gasteiger partial charge >= 0.3 is 5.97 Å². The molecule has 5 heteroatoms. The van der Waals surface area contributed by atoms with Crippen molar-refractivity contribution >= 4 is 5.97 Å². The third-order valence-corrected chi connectivity index (χ3v) is 9.60. The van der Waals surface area contributed by atoms with E-state index in [1.54, 1.807) is 0 Å². The number of aliphatic hydroxyl groups excluding tert-OH is 3. The average Bonchev–Trinajstić information content (AvgIpc) is 3.20. The lowest BCUT2D eigenvalue weighted by atomic mass is 9.43. The van der Waals surface area contributed by atoms with E-state index in [4.69, 9.17) is 4.74 Å². The molecule has 4 saturated carbocycles. The summed E-state index contributed by atoms with van der Waals surface area (Å²) in [6.45, 7) is 7.80. The van der Waals surface area contributed by atoms with E-state index in [9.17, 15) is 20.1 Å². The third-order valence-electron chi connectivity index (χ3n) is 9.60. The molecule has 27 heavy (non-hydrogen) atoms. The molecule has 4 aliphatic carbocycles. The molecular weight excluding hydrogens is 344 g/mol. The lowest BCUT2D eigenvalue weighted by molar-refractivity contribution is -0.222. The van der Waals surface area contributed by atoms with Gasteiger partial charge in [0.15, 0.2) is 0 Å². The zero-order valence-corrected chi connectivity index (χ0v) is 17.2. The quantitative estimate of drug-likeness (QED) is 0.655. The second-order valence-corrected chi connectivity index (χ2v) is 10.9. The van der Waals surface area contributed by atoms with Crippen LogP contribution in [0.1, 0.15) is 72.6 Å². The Bertz CT molecular complexity index is 636. The van der Waals surface area contributed by atoms with E-state index < -0.39 is 17.6 Å². The molecule has 154 valence electrons. The van der Waals surface area contributed by atoms with Crippen LogP contribution in [0.3, 0.4) is 0 Å². The molecule has 4 aliphatic rings. The molecule has 0 aromatic heterocycles. The Hall–Kier alpha value is -0.650. The minimum absolute atomic E-state index is 0.118. The molecule has 4 rings (SSSR count). The summed E-state index contributed by atoms with van der Waals surface area (Å²) in [5.74, 6) is 0.220. The first-order chi connectivity index (χ1) is 12.5. The van der Waals surface area contributed by atoms with Crippen LogP contribution in [-0.2, 0) is 9.53 Å².